The van der Waals surface area contributed by atoms with E-state index in [1.54, 1.807) is 36.4 Å². The second kappa shape index (κ2) is 6.76. The van der Waals surface area contributed by atoms with E-state index in [-0.39, 0.29) is 11.5 Å². The summed E-state index contributed by atoms with van der Waals surface area (Å²) < 4.78 is 0.399. The van der Waals surface area contributed by atoms with Crippen LogP contribution in [0.15, 0.2) is 53.4 Å². The van der Waals surface area contributed by atoms with Crippen LogP contribution in [0.4, 0.5) is 5.69 Å². The quantitative estimate of drug-likeness (QED) is 0.634. The number of carboxylic acid groups (broad SMARTS) is 1. The molecule has 0 saturated carbocycles. The maximum atomic E-state index is 12.6. The number of rotatable bonds is 3. The molecular weight excluding hydrogens is 366 g/mol. The highest BCUT2D eigenvalue weighted by atomic mass is 35.5. The third kappa shape index (κ3) is 3.36. The third-order valence-electron chi connectivity index (χ3n) is 3.31. The lowest BCUT2D eigenvalue weighted by Crippen LogP contribution is -2.27. The lowest BCUT2D eigenvalue weighted by Gasteiger charge is -2.14. The van der Waals surface area contributed by atoms with Gasteiger partial charge in [-0.2, -0.15) is 0 Å². The lowest BCUT2D eigenvalue weighted by atomic mass is 10.2. The van der Waals surface area contributed by atoms with Gasteiger partial charge in [-0.1, -0.05) is 47.7 Å². The van der Waals surface area contributed by atoms with E-state index in [2.05, 4.69) is 0 Å². The Labute approximate surface area is 152 Å². The zero-order chi connectivity index (χ0) is 17.3. The van der Waals surface area contributed by atoms with Crippen molar-refractivity contribution in [1.82, 2.24) is 0 Å². The fourth-order valence-electron chi connectivity index (χ4n) is 2.19. The highest BCUT2D eigenvalue weighted by Gasteiger charge is 2.33. The normalized spacial score (nSPS) is 16.0. The van der Waals surface area contributed by atoms with Crippen molar-refractivity contribution in [2.24, 2.45) is 0 Å². The topological polar surface area (TPSA) is 57.6 Å². The van der Waals surface area contributed by atoms with E-state index < -0.39 is 5.97 Å². The molecule has 1 aliphatic rings. The fourth-order valence-corrected chi connectivity index (χ4v) is 3.69. The number of hydrogen-bond donors (Lipinski definition) is 1. The Bertz CT molecular complexity index is 878. The summed E-state index contributed by atoms with van der Waals surface area (Å²) in [6.07, 6.45) is 1.73. The number of benzene rings is 2. The number of hydrogen-bond acceptors (Lipinski definition) is 4. The van der Waals surface area contributed by atoms with E-state index in [0.717, 1.165) is 5.56 Å². The van der Waals surface area contributed by atoms with E-state index in [9.17, 15) is 9.59 Å². The van der Waals surface area contributed by atoms with Crippen LogP contribution in [0, 0.1) is 0 Å². The summed E-state index contributed by atoms with van der Waals surface area (Å²) >= 11 is 12.4. The molecule has 1 fully saturated rings. The van der Waals surface area contributed by atoms with Crippen LogP contribution in [0.3, 0.4) is 0 Å². The van der Waals surface area contributed by atoms with Crippen LogP contribution in [0.25, 0.3) is 6.08 Å². The van der Waals surface area contributed by atoms with Crippen molar-refractivity contribution in [3.8, 4) is 0 Å². The van der Waals surface area contributed by atoms with Gasteiger partial charge in [0.25, 0.3) is 5.91 Å². The van der Waals surface area contributed by atoms with Crippen LogP contribution in [-0.4, -0.2) is 21.3 Å². The van der Waals surface area contributed by atoms with Crippen LogP contribution in [0.2, 0.25) is 5.02 Å². The molecule has 0 spiro atoms. The van der Waals surface area contributed by atoms with Crippen LogP contribution in [0.5, 0.6) is 0 Å². The molecule has 2 aromatic rings. The Morgan fingerprint density at radius 1 is 1.21 bits per heavy atom. The molecule has 0 bridgehead atoms. The third-order valence-corrected chi connectivity index (χ3v) is 4.85. The number of amides is 1. The summed E-state index contributed by atoms with van der Waals surface area (Å²) in [4.78, 5) is 25.4. The Morgan fingerprint density at radius 2 is 1.92 bits per heavy atom. The number of aromatic carboxylic acids is 1. The van der Waals surface area contributed by atoms with Crippen molar-refractivity contribution in [2.75, 3.05) is 4.90 Å². The van der Waals surface area contributed by atoms with E-state index >= 15 is 0 Å². The zero-order valence-corrected chi connectivity index (χ0v) is 14.5. The number of thiocarbonyl (C=S) groups is 1. The van der Waals surface area contributed by atoms with Crippen molar-refractivity contribution in [2.45, 2.75) is 0 Å². The van der Waals surface area contributed by atoms with Gasteiger partial charge in [-0.05, 0) is 48.0 Å². The average Bonchev–Trinajstić information content (AvgIpc) is 2.81. The highest BCUT2D eigenvalue weighted by Crippen LogP contribution is 2.36. The van der Waals surface area contributed by atoms with Crippen LogP contribution < -0.4 is 4.90 Å². The Morgan fingerprint density at radius 3 is 2.54 bits per heavy atom. The Hall–Kier alpha value is -2.15. The molecule has 1 amide bonds. The Balaban J connectivity index is 1.90. The van der Waals surface area contributed by atoms with Crippen LogP contribution in [-0.2, 0) is 4.79 Å². The van der Waals surface area contributed by atoms with Crippen molar-refractivity contribution in [1.29, 1.82) is 0 Å². The second-order valence-electron chi connectivity index (χ2n) is 4.92. The SMILES string of the molecule is O=C(O)c1ccc(N2C(=O)C(=Cc3cccc(Cl)c3)SC2=S)cc1. The molecule has 120 valence electrons. The molecule has 1 N–H and O–H groups in total. The lowest BCUT2D eigenvalue weighted by molar-refractivity contribution is -0.113. The summed E-state index contributed by atoms with van der Waals surface area (Å²) in [5, 5.41) is 9.53. The molecule has 0 unspecified atom stereocenters. The number of halogens is 1. The summed E-state index contributed by atoms with van der Waals surface area (Å²) in [5.74, 6) is -1.26. The first-order valence-electron chi connectivity index (χ1n) is 6.82. The van der Waals surface area contributed by atoms with Crippen molar-refractivity contribution >= 4 is 63.5 Å². The minimum atomic E-state index is -1.02. The molecule has 3 rings (SSSR count). The van der Waals surface area contributed by atoms with Gasteiger partial charge < -0.3 is 5.11 Å². The second-order valence-corrected chi connectivity index (χ2v) is 7.04. The number of thioether (sulfide) groups is 1. The fraction of sp³-hybridized carbons (Fsp3) is 0. The smallest absolute Gasteiger partial charge is 0.335 e. The van der Waals surface area contributed by atoms with Gasteiger partial charge in [0.1, 0.15) is 0 Å². The number of nitrogens with zero attached hydrogens (tertiary/aromatic N) is 1. The number of carbonyl (C=O) groups is 2. The number of carboxylic acids is 1. The van der Waals surface area contributed by atoms with Gasteiger partial charge in [-0.25, -0.2) is 4.79 Å². The van der Waals surface area contributed by atoms with Gasteiger partial charge >= 0.3 is 5.97 Å². The predicted molar refractivity (Wildman–Crippen MR) is 101 cm³/mol. The molecule has 0 atom stereocenters. The van der Waals surface area contributed by atoms with Crippen molar-refractivity contribution in [3.05, 3.63) is 69.6 Å². The molecule has 7 heteroatoms. The first-order chi connectivity index (χ1) is 11.5. The molecule has 0 aromatic heterocycles. The maximum Gasteiger partial charge on any atom is 0.335 e. The van der Waals surface area contributed by atoms with Gasteiger partial charge in [0.2, 0.25) is 0 Å². The summed E-state index contributed by atoms with van der Waals surface area (Å²) in [5.41, 5.74) is 1.50. The Kier molecular flexibility index (Phi) is 4.71. The number of carbonyl (C=O) groups excluding carboxylic acids is 1. The largest absolute Gasteiger partial charge is 0.478 e. The van der Waals surface area contributed by atoms with Crippen LogP contribution >= 0.6 is 35.6 Å². The molecule has 4 nitrogen and oxygen atoms in total. The molecule has 0 radical (unpaired) electrons. The van der Waals surface area contributed by atoms with Gasteiger partial charge in [0.05, 0.1) is 16.2 Å². The molecule has 0 aliphatic carbocycles. The summed E-state index contributed by atoms with van der Waals surface area (Å²) in [6, 6.07) is 13.2. The van der Waals surface area contributed by atoms with E-state index in [0.29, 0.717) is 19.9 Å². The predicted octanol–water partition coefficient (Wildman–Crippen LogP) is 4.44. The van der Waals surface area contributed by atoms with E-state index in [1.807, 2.05) is 6.07 Å². The molecule has 1 heterocycles. The standard InChI is InChI=1S/C17H10ClNO3S2/c18-12-3-1-2-10(8-12)9-14-15(20)19(17(23)24-14)13-6-4-11(5-7-13)16(21)22/h1-9H,(H,21,22). The zero-order valence-electron chi connectivity index (χ0n) is 12.1. The minimum Gasteiger partial charge on any atom is -0.478 e. The summed E-state index contributed by atoms with van der Waals surface area (Å²) in [6.45, 7) is 0. The maximum absolute atomic E-state index is 12.6. The van der Waals surface area contributed by atoms with Crippen molar-refractivity contribution < 1.29 is 14.7 Å². The van der Waals surface area contributed by atoms with Gasteiger partial charge in [-0.3, -0.25) is 9.69 Å². The molecule has 1 aliphatic heterocycles. The molecule has 24 heavy (non-hydrogen) atoms. The average molecular weight is 376 g/mol. The first kappa shape index (κ1) is 16.7. The van der Waals surface area contributed by atoms with Gasteiger partial charge in [-0.15, -0.1) is 0 Å². The van der Waals surface area contributed by atoms with Gasteiger partial charge in [0, 0.05) is 5.02 Å². The highest BCUT2D eigenvalue weighted by molar-refractivity contribution is 8.27. The van der Waals surface area contributed by atoms with Crippen molar-refractivity contribution in [3.63, 3.8) is 0 Å². The first-order valence-corrected chi connectivity index (χ1v) is 8.43. The molecule has 2 aromatic carbocycles. The number of anilines is 1. The molecular formula is C17H10ClNO3S2. The van der Waals surface area contributed by atoms with Crippen LogP contribution in [0.1, 0.15) is 15.9 Å². The minimum absolute atomic E-state index is 0.152. The van der Waals surface area contributed by atoms with E-state index in [1.165, 1.54) is 28.8 Å². The summed E-state index contributed by atoms with van der Waals surface area (Å²) in [7, 11) is 0. The van der Waals surface area contributed by atoms with E-state index in [4.69, 9.17) is 28.9 Å². The monoisotopic (exact) mass is 375 g/mol. The van der Waals surface area contributed by atoms with Gasteiger partial charge in [0.15, 0.2) is 4.32 Å². The molecule has 1 saturated heterocycles.